The van der Waals surface area contributed by atoms with Crippen molar-refractivity contribution in [3.8, 4) is 17.0 Å². The lowest BCUT2D eigenvalue weighted by Crippen LogP contribution is -2.13. The summed E-state index contributed by atoms with van der Waals surface area (Å²) in [6, 6.07) is 18.3. The highest BCUT2D eigenvalue weighted by Gasteiger charge is 2.07. The van der Waals surface area contributed by atoms with Crippen molar-refractivity contribution in [2.75, 3.05) is 11.1 Å². The number of anilines is 3. The average Bonchev–Trinajstić information content (AvgIpc) is 2.78. The molecule has 1 amide bonds. The molecule has 2 aromatic carbocycles. The van der Waals surface area contributed by atoms with Crippen LogP contribution in [0.15, 0.2) is 72.9 Å². The van der Waals surface area contributed by atoms with E-state index in [4.69, 9.17) is 16.2 Å². The number of primary amides is 1. The van der Waals surface area contributed by atoms with Crippen LogP contribution in [0.2, 0.25) is 0 Å². The Kier molecular flexibility index (Phi) is 5.89. The van der Waals surface area contributed by atoms with Crippen LogP contribution in [0.25, 0.3) is 11.3 Å². The van der Waals surface area contributed by atoms with Crippen LogP contribution in [0.5, 0.6) is 5.75 Å². The van der Waals surface area contributed by atoms with Crippen molar-refractivity contribution >= 4 is 23.4 Å². The molecule has 160 valence electrons. The Hall–Kier alpha value is -4.53. The first-order chi connectivity index (χ1) is 15.5. The van der Waals surface area contributed by atoms with Crippen LogP contribution in [0.4, 0.5) is 21.8 Å². The highest BCUT2D eigenvalue weighted by molar-refractivity contribution is 5.90. The summed E-state index contributed by atoms with van der Waals surface area (Å²) in [5.74, 6) is 0.248. The largest absolute Gasteiger partial charge is 0.489 e. The molecule has 32 heavy (non-hydrogen) atoms. The number of halogens is 1. The van der Waals surface area contributed by atoms with Gasteiger partial charge in [0.15, 0.2) is 0 Å². The molecule has 0 fully saturated rings. The first kappa shape index (κ1) is 20.7. The van der Waals surface area contributed by atoms with Crippen LogP contribution in [0.3, 0.4) is 0 Å². The molecule has 0 unspecified atom stereocenters. The number of pyridine rings is 1. The molecule has 8 nitrogen and oxygen atoms in total. The Morgan fingerprint density at radius 2 is 1.84 bits per heavy atom. The molecule has 0 aliphatic carbocycles. The Bertz CT molecular complexity index is 1260. The minimum Gasteiger partial charge on any atom is -0.489 e. The second kappa shape index (κ2) is 9.09. The zero-order chi connectivity index (χ0) is 22.5. The molecule has 0 aliphatic heterocycles. The number of hydrogen-bond acceptors (Lipinski definition) is 7. The van der Waals surface area contributed by atoms with Gasteiger partial charge in [-0.05, 0) is 54.1 Å². The molecule has 0 aliphatic rings. The highest BCUT2D eigenvalue weighted by Crippen LogP contribution is 2.25. The van der Waals surface area contributed by atoms with E-state index in [1.165, 1.54) is 18.3 Å². The molecule has 0 bridgehead atoms. The first-order valence-corrected chi connectivity index (χ1v) is 9.61. The maximum atomic E-state index is 13.2. The van der Waals surface area contributed by atoms with Gasteiger partial charge in [0.05, 0.1) is 5.69 Å². The Morgan fingerprint density at radius 1 is 1.03 bits per heavy atom. The SMILES string of the molecule is NC(=O)c1cc(COc2cccc(Nc3cc(-c4ccc(F)cc4)nc(N)n3)c2)ccn1. The van der Waals surface area contributed by atoms with Gasteiger partial charge in [-0.15, -0.1) is 0 Å². The number of nitrogens with two attached hydrogens (primary N) is 2. The second-order valence-corrected chi connectivity index (χ2v) is 6.86. The van der Waals surface area contributed by atoms with Gasteiger partial charge < -0.3 is 21.5 Å². The van der Waals surface area contributed by atoms with Gasteiger partial charge in [-0.25, -0.2) is 9.37 Å². The van der Waals surface area contributed by atoms with Crippen molar-refractivity contribution in [2.24, 2.45) is 5.73 Å². The van der Waals surface area contributed by atoms with Crippen molar-refractivity contribution in [1.29, 1.82) is 0 Å². The maximum absolute atomic E-state index is 13.2. The summed E-state index contributed by atoms with van der Waals surface area (Å²) >= 11 is 0. The van der Waals surface area contributed by atoms with Crippen LogP contribution >= 0.6 is 0 Å². The molecule has 0 radical (unpaired) electrons. The fourth-order valence-electron chi connectivity index (χ4n) is 2.98. The summed E-state index contributed by atoms with van der Waals surface area (Å²) in [5, 5.41) is 3.17. The van der Waals surface area contributed by atoms with Gasteiger partial charge in [0.2, 0.25) is 5.95 Å². The van der Waals surface area contributed by atoms with E-state index in [0.717, 1.165) is 11.3 Å². The molecular weight excluding hydrogens is 411 g/mol. The van der Waals surface area contributed by atoms with E-state index in [2.05, 4.69) is 20.3 Å². The summed E-state index contributed by atoms with van der Waals surface area (Å²) in [7, 11) is 0. The standard InChI is InChI=1S/C23H19FN6O2/c24-16-6-4-15(5-7-16)19-12-21(30-23(26)29-19)28-17-2-1-3-18(11-17)32-13-14-8-9-27-20(10-14)22(25)31/h1-12H,13H2,(H2,25,31)(H3,26,28,29,30). The molecule has 0 atom stereocenters. The molecule has 0 saturated carbocycles. The lowest BCUT2D eigenvalue weighted by molar-refractivity contribution is 0.0995. The zero-order valence-electron chi connectivity index (χ0n) is 16.8. The van der Waals surface area contributed by atoms with Gasteiger partial charge in [-0.3, -0.25) is 9.78 Å². The fourth-order valence-corrected chi connectivity index (χ4v) is 2.98. The smallest absolute Gasteiger partial charge is 0.267 e. The van der Waals surface area contributed by atoms with Gasteiger partial charge in [-0.2, -0.15) is 4.98 Å². The van der Waals surface area contributed by atoms with E-state index >= 15 is 0 Å². The number of nitrogen functional groups attached to an aromatic ring is 1. The number of hydrogen-bond donors (Lipinski definition) is 3. The summed E-state index contributed by atoms with van der Waals surface area (Å²) in [6.45, 7) is 0.238. The number of carbonyl (C=O) groups excluding carboxylic acids is 1. The molecular formula is C23H19FN6O2. The van der Waals surface area contributed by atoms with E-state index in [1.54, 1.807) is 42.5 Å². The molecule has 5 N–H and O–H groups in total. The summed E-state index contributed by atoms with van der Waals surface area (Å²) < 4.78 is 19.0. The fraction of sp³-hybridized carbons (Fsp3) is 0.0435. The third kappa shape index (κ3) is 5.14. The highest BCUT2D eigenvalue weighted by atomic mass is 19.1. The number of amides is 1. The molecule has 2 aromatic heterocycles. The molecule has 9 heteroatoms. The summed E-state index contributed by atoms with van der Waals surface area (Å²) in [5.41, 5.74) is 14.1. The normalized spacial score (nSPS) is 10.5. The van der Waals surface area contributed by atoms with Crippen molar-refractivity contribution in [2.45, 2.75) is 6.61 Å². The minimum absolute atomic E-state index is 0.0877. The summed E-state index contributed by atoms with van der Waals surface area (Å²) in [6.07, 6.45) is 1.51. The maximum Gasteiger partial charge on any atom is 0.267 e. The Balaban J connectivity index is 1.49. The zero-order valence-corrected chi connectivity index (χ0v) is 16.8. The van der Waals surface area contributed by atoms with Crippen LogP contribution in [0.1, 0.15) is 16.1 Å². The number of nitrogens with one attached hydrogen (secondary N) is 1. The molecule has 0 saturated heterocycles. The molecule has 0 spiro atoms. The van der Waals surface area contributed by atoms with Crippen LogP contribution in [0, 0.1) is 5.82 Å². The quantitative estimate of drug-likeness (QED) is 0.408. The van der Waals surface area contributed by atoms with Crippen molar-refractivity contribution < 1.29 is 13.9 Å². The van der Waals surface area contributed by atoms with Crippen LogP contribution < -0.4 is 21.5 Å². The number of ether oxygens (including phenoxy) is 1. The predicted octanol–water partition coefficient (Wildman–Crippen LogP) is 3.68. The van der Waals surface area contributed by atoms with Gasteiger partial charge in [-0.1, -0.05) is 6.07 Å². The van der Waals surface area contributed by atoms with E-state index in [0.29, 0.717) is 22.8 Å². The van der Waals surface area contributed by atoms with Gasteiger partial charge in [0.1, 0.15) is 29.7 Å². The lowest BCUT2D eigenvalue weighted by Gasteiger charge is -2.11. The lowest BCUT2D eigenvalue weighted by atomic mass is 10.1. The van der Waals surface area contributed by atoms with E-state index in [9.17, 15) is 9.18 Å². The third-order valence-corrected chi connectivity index (χ3v) is 4.47. The van der Waals surface area contributed by atoms with Gasteiger partial charge in [0.25, 0.3) is 5.91 Å². The number of nitrogens with zero attached hydrogens (tertiary/aromatic N) is 3. The van der Waals surface area contributed by atoms with Crippen molar-refractivity contribution in [1.82, 2.24) is 15.0 Å². The monoisotopic (exact) mass is 430 g/mol. The van der Waals surface area contributed by atoms with Gasteiger partial charge in [0, 0.05) is 29.6 Å². The van der Waals surface area contributed by atoms with Crippen molar-refractivity contribution in [3.05, 3.63) is 90.0 Å². The minimum atomic E-state index is -0.595. The van der Waals surface area contributed by atoms with Gasteiger partial charge >= 0.3 is 0 Å². The van der Waals surface area contributed by atoms with Crippen molar-refractivity contribution in [3.63, 3.8) is 0 Å². The van der Waals surface area contributed by atoms with E-state index in [-0.39, 0.29) is 24.1 Å². The Morgan fingerprint density at radius 3 is 2.62 bits per heavy atom. The number of rotatable bonds is 7. The van der Waals surface area contributed by atoms with Crippen LogP contribution in [-0.4, -0.2) is 20.9 Å². The topological polar surface area (TPSA) is 129 Å². The van der Waals surface area contributed by atoms with Crippen LogP contribution in [-0.2, 0) is 6.61 Å². The predicted molar refractivity (Wildman–Crippen MR) is 119 cm³/mol. The van der Waals surface area contributed by atoms with E-state index < -0.39 is 5.91 Å². The summed E-state index contributed by atoms with van der Waals surface area (Å²) in [4.78, 5) is 23.6. The number of benzene rings is 2. The third-order valence-electron chi connectivity index (χ3n) is 4.47. The molecule has 2 heterocycles. The molecule has 4 aromatic rings. The molecule has 4 rings (SSSR count). The average molecular weight is 430 g/mol. The first-order valence-electron chi connectivity index (χ1n) is 9.61. The second-order valence-electron chi connectivity index (χ2n) is 6.86. The number of aromatic nitrogens is 3. The Labute approximate surface area is 183 Å². The number of carbonyl (C=O) groups is 1. The van der Waals surface area contributed by atoms with E-state index in [1.807, 2.05) is 12.1 Å².